The smallest absolute Gasteiger partial charge is 0.178 e. The van der Waals surface area contributed by atoms with Crippen molar-refractivity contribution in [2.75, 3.05) is 0 Å². The number of pyridine rings is 1. The molecule has 0 spiro atoms. The summed E-state index contributed by atoms with van der Waals surface area (Å²) < 4.78 is 14.8. The van der Waals surface area contributed by atoms with Crippen molar-refractivity contribution in [3.63, 3.8) is 0 Å². The molecule has 2 aromatic heterocycles. The minimum atomic E-state index is -0.278. The van der Waals surface area contributed by atoms with Crippen molar-refractivity contribution in [2.24, 2.45) is 0 Å². The quantitative estimate of drug-likeness (QED) is 0.600. The predicted molar refractivity (Wildman–Crippen MR) is 62.7 cm³/mol. The molecule has 0 aliphatic rings. The molecular weight excluding hydrogens is 219 g/mol. The Morgan fingerprint density at radius 2 is 2.18 bits per heavy atom. The van der Waals surface area contributed by atoms with Crippen molar-refractivity contribution in [1.29, 1.82) is 0 Å². The van der Waals surface area contributed by atoms with Crippen molar-refractivity contribution in [2.45, 2.75) is 6.92 Å². The van der Waals surface area contributed by atoms with Gasteiger partial charge in [-0.2, -0.15) is 0 Å². The SMILES string of the molecule is CC(=O)c1cnc2c3ccc(F)cc3ccn12. The van der Waals surface area contributed by atoms with E-state index in [-0.39, 0.29) is 11.6 Å². The van der Waals surface area contributed by atoms with E-state index in [1.807, 2.05) is 0 Å². The number of benzene rings is 1. The Kier molecular flexibility index (Phi) is 1.98. The first-order chi connectivity index (χ1) is 8.16. The molecule has 0 saturated heterocycles. The first-order valence-corrected chi connectivity index (χ1v) is 5.23. The van der Waals surface area contributed by atoms with Gasteiger partial charge in [0.2, 0.25) is 0 Å². The Morgan fingerprint density at radius 3 is 2.94 bits per heavy atom. The predicted octanol–water partition coefficient (Wildman–Crippen LogP) is 2.83. The number of fused-ring (bicyclic) bond motifs is 3. The van der Waals surface area contributed by atoms with Gasteiger partial charge >= 0.3 is 0 Å². The van der Waals surface area contributed by atoms with Crippen LogP contribution in [0.1, 0.15) is 17.4 Å². The van der Waals surface area contributed by atoms with E-state index in [9.17, 15) is 9.18 Å². The molecule has 0 aliphatic heterocycles. The van der Waals surface area contributed by atoms with Crippen LogP contribution >= 0.6 is 0 Å². The van der Waals surface area contributed by atoms with Gasteiger partial charge in [0.05, 0.1) is 6.20 Å². The van der Waals surface area contributed by atoms with Gasteiger partial charge in [-0.05, 0) is 29.7 Å². The van der Waals surface area contributed by atoms with Gasteiger partial charge < -0.3 is 0 Å². The second-order valence-corrected chi connectivity index (χ2v) is 3.94. The third-order valence-electron chi connectivity index (χ3n) is 2.82. The number of carbonyl (C=O) groups excluding carboxylic acids is 1. The first-order valence-electron chi connectivity index (χ1n) is 5.23. The van der Waals surface area contributed by atoms with Crippen LogP contribution in [0.4, 0.5) is 4.39 Å². The molecule has 0 saturated carbocycles. The van der Waals surface area contributed by atoms with Crippen LogP contribution < -0.4 is 0 Å². The molecule has 0 radical (unpaired) electrons. The van der Waals surface area contributed by atoms with E-state index >= 15 is 0 Å². The molecule has 0 aliphatic carbocycles. The van der Waals surface area contributed by atoms with E-state index in [2.05, 4.69) is 4.98 Å². The molecule has 1 aromatic carbocycles. The average Bonchev–Trinajstić information content (AvgIpc) is 2.72. The van der Waals surface area contributed by atoms with Gasteiger partial charge in [0, 0.05) is 18.5 Å². The lowest BCUT2D eigenvalue weighted by molar-refractivity contribution is 0.101. The van der Waals surface area contributed by atoms with Crippen molar-refractivity contribution < 1.29 is 9.18 Å². The Labute approximate surface area is 96.5 Å². The molecule has 0 bridgehead atoms. The molecule has 17 heavy (non-hydrogen) atoms. The molecule has 0 N–H and O–H groups in total. The van der Waals surface area contributed by atoms with Crippen LogP contribution in [-0.4, -0.2) is 15.2 Å². The molecule has 0 fully saturated rings. The number of carbonyl (C=O) groups is 1. The van der Waals surface area contributed by atoms with Gasteiger partial charge in [0.1, 0.15) is 17.2 Å². The highest BCUT2D eigenvalue weighted by Gasteiger charge is 2.09. The fourth-order valence-corrected chi connectivity index (χ4v) is 2.00. The lowest BCUT2D eigenvalue weighted by atomic mass is 10.1. The zero-order chi connectivity index (χ0) is 12.0. The highest BCUT2D eigenvalue weighted by molar-refractivity contribution is 5.98. The molecule has 0 atom stereocenters. The molecule has 84 valence electrons. The summed E-state index contributed by atoms with van der Waals surface area (Å²) in [5.41, 5.74) is 1.21. The Morgan fingerprint density at radius 1 is 1.35 bits per heavy atom. The Balaban J connectivity index is 2.45. The minimum Gasteiger partial charge on any atom is -0.297 e. The lowest BCUT2D eigenvalue weighted by Crippen LogP contribution is -1.98. The number of hydrogen-bond acceptors (Lipinski definition) is 2. The fraction of sp³-hybridized carbons (Fsp3) is 0.0769. The third-order valence-corrected chi connectivity index (χ3v) is 2.82. The van der Waals surface area contributed by atoms with Gasteiger partial charge in [0.25, 0.3) is 0 Å². The highest BCUT2D eigenvalue weighted by atomic mass is 19.1. The number of aromatic nitrogens is 2. The van der Waals surface area contributed by atoms with E-state index in [0.29, 0.717) is 11.3 Å². The van der Waals surface area contributed by atoms with E-state index in [0.717, 1.165) is 10.8 Å². The normalized spacial score (nSPS) is 11.2. The van der Waals surface area contributed by atoms with Crippen LogP contribution in [0.25, 0.3) is 16.4 Å². The Hall–Kier alpha value is -2.23. The summed E-state index contributed by atoms with van der Waals surface area (Å²) in [6, 6.07) is 6.30. The fourth-order valence-electron chi connectivity index (χ4n) is 2.00. The maximum atomic E-state index is 13.1. The maximum absolute atomic E-state index is 13.1. The molecule has 0 amide bonds. The highest BCUT2D eigenvalue weighted by Crippen LogP contribution is 2.21. The number of hydrogen-bond donors (Lipinski definition) is 0. The number of Topliss-reactive ketones (excluding diaryl/α,β-unsaturated/α-hetero) is 1. The summed E-state index contributed by atoms with van der Waals surface area (Å²) in [5.74, 6) is -0.320. The van der Waals surface area contributed by atoms with Crippen molar-refractivity contribution >= 4 is 22.2 Å². The van der Waals surface area contributed by atoms with Gasteiger partial charge in [-0.1, -0.05) is 0 Å². The largest absolute Gasteiger partial charge is 0.297 e. The first kappa shape index (κ1) is 9.96. The molecule has 2 heterocycles. The topological polar surface area (TPSA) is 34.4 Å². The second kappa shape index (κ2) is 3.38. The summed E-state index contributed by atoms with van der Waals surface area (Å²) in [5, 5.41) is 1.61. The molecule has 4 heteroatoms. The third kappa shape index (κ3) is 1.41. The number of rotatable bonds is 1. The van der Waals surface area contributed by atoms with Crippen molar-refractivity contribution in [3.05, 3.63) is 48.2 Å². The Bertz CT molecular complexity index is 746. The summed E-state index contributed by atoms with van der Waals surface area (Å²) in [6.45, 7) is 1.50. The molecule has 3 rings (SSSR count). The van der Waals surface area contributed by atoms with Gasteiger partial charge in [-0.25, -0.2) is 9.37 Å². The average molecular weight is 228 g/mol. The molecule has 3 aromatic rings. The number of imidazole rings is 1. The van der Waals surface area contributed by atoms with Crippen LogP contribution in [0, 0.1) is 5.82 Å². The van der Waals surface area contributed by atoms with Crippen LogP contribution in [0.5, 0.6) is 0 Å². The second-order valence-electron chi connectivity index (χ2n) is 3.94. The van der Waals surface area contributed by atoms with Gasteiger partial charge in [0.15, 0.2) is 5.78 Å². The monoisotopic (exact) mass is 228 g/mol. The zero-order valence-corrected chi connectivity index (χ0v) is 9.14. The number of nitrogens with zero attached hydrogens (tertiary/aromatic N) is 2. The lowest BCUT2D eigenvalue weighted by Gasteiger charge is -2.02. The number of halogens is 1. The van der Waals surface area contributed by atoms with Crippen LogP contribution in [-0.2, 0) is 0 Å². The van der Waals surface area contributed by atoms with E-state index in [1.54, 1.807) is 28.9 Å². The van der Waals surface area contributed by atoms with E-state index in [4.69, 9.17) is 0 Å². The summed E-state index contributed by atoms with van der Waals surface area (Å²) in [6.07, 6.45) is 3.28. The number of ketones is 1. The maximum Gasteiger partial charge on any atom is 0.178 e. The van der Waals surface area contributed by atoms with E-state index in [1.165, 1.54) is 19.1 Å². The van der Waals surface area contributed by atoms with Crippen LogP contribution in [0.2, 0.25) is 0 Å². The minimum absolute atomic E-state index is 0.0426. The summed E-state index contributed by atoms with van der Waals surface area (Å²) >= 11 is 0. The summed E-state index contributed by atoms with van der Waals surface area (Å²) in [4.78, 5) is 15.6. The summed E-state index contributed by atoms with van der Waals surface area (Å²) in [7, 11) is 0. The van der Waals surface area contributed by atoms with Crippen molar-refractivity contribution in [1.82, 2.24) is 9.38 Å². The molecule has 0 unspecified atom stereocenters. The molecular formula is C13H9FN2O. The van der Waals surface area contributed by atoms with Crippen LogP contribution in [0.3, 0.4) is 0 Å². The van der Waals surface area contributed by atoms with Gasteiger partial charge in [-0.3, -0.25) is 9.20 Å². The van der Waals surface area contributed by atoms with E-state index < -0.39 is 0 Å². The van der Waals surface area contributed by atoms with Gasteiger partial charge in [-0.15, -0.1) is 0 Å². The molecule has 3 nitrogen and oxygen atoms in total. The standard InChI is InChI=1S/C13H9FN2O/c1-8(17)12-7-15-13-11-3-2-10(14)6-9(11)4-5-16(12)13/h2-7H,1H3. The van der Waals surface area contributed by atoms with Crippen molar-refractivity contribution in [3.8, 4) is 0 Å². The van der Waals surface area contributed by atoms with Crippen LogP contribution in [0.15, 0.2) is 36.7 Å². The zero-order valence-electron chi connectivity index (χ0n) is 9.14.